The van der Waals surface area contributed by atoms with Crippen LogP contribution in [0.25, 0.3) is 0 Å². The lowest BCUT2D eigenvalue weighted by molar-refractivity contribution is -0.116. The summed E-state index contributed by atoms with van der Waals surface area (Å²) in [5.74, 6) is 1.33. The van der Waals surface area contributed by atoms with Crippen molar-refractivity contribution in [3.63, 3.8) is 0 Å². The number of ether oxygens (including phenoxy) is 2. The van der Waals surface area contributed by atoms with E-state index in [-0.39, 0.29) is 5.91 Å². The highest BCUT2D eigenvalue weighted by atomic mass is 35.5. The first-order valence-electron chi connectivity index (χ1n) is 8.19. The number of methoxy groups -OCH3 is 2. The number of carbonyl (C=O) groups excluding carboxylic acids is 1. The molecular formula is C19H22Cl2N2O3. The van der Waals surface area contributed by atoms with Crippen molar-refractivity contribution in [3.8, 4) is 11.5 Å². The second kappa shape index (κ2) is 10.3. The molecule has 0 aliphatic rings. The van der Waals surface area contributed by atoms with Crippen LogP contribution in [0.1, 0.15) is 12.0 Å². The van der Waals surface area contributed by atoms with Gasteiger partial charge >= 0.3 is 0 Å². The van der Waals surface area contributed by atoms with Crippen LogP contribution in [0, 0.1) is 0 Å². The van der Waals surface area contributed by atoms with Crippen LogP contribution in [0.3, 0.4) is 0 Å². The number of rotatable bonds is 9. The summed E-state index contributed by atoms with van der Waals surface area (Å²) in [6.07, 6.45) is 1.18. The summed E-state index contributed by atoms with van der Waals surface area (Å²) >= 11 is 11.8. The molecule has 140 valence electrons. The first kappa shape index (κ1) is 20.4. The van der Waals surface area contributed by atoms with Crippen LogP contribution in [0.5, 0.6) is 11.5 Å². The van der Waals surface area contributed by atoms with Gasteiger partial charge in [0.15, 0.2) is 11.5 Å². The quantitative estimate of drug-likeness (QED) is 0.624. The number of halogens is 2. The average Bonchev–Trinajstić information content (AvgIpc) is 2.60. The van der Waals surface area contributed by atoms with E-state index in [4.69, 9.17) is 32.7 Å². The van der Waals surface area contributed by atoms with Crippen LogP contribution in [0.2, 0.25) is 10.0 Å². The van der Waals surface area contributed by atoms with Gasteiger partial charge in [-0.15, -0.1) is 0 Å². The van der Waals surface area contributed by atoms with Gasteiger partial charge in [-0.25, -0.2) is 0 Å². The van der Waals surface area contributed by atoms with Gasteiger partial charge in [0.2, 0.25) is 5.91 Å². The second-order valence-electron chi connectivity index (χ2n) is 5.65. The number of benzene rings is 2. The molecule has 0 atom stereocenters. The number of nitrogens with one attached hydrogen (secondary N) is 2. The summed E-state index contributed by atoms with van der Waals surface area (Å²) in [5.41, 5.74) is 1.73. The predicted molar refractivity (Wildman–Crippen MR) is 106 cm³/mol. The molecule has 26 heavy (non-hydrogen) atoms. The normalized spacial score (nSPS) is 10.5. The summed E-state index contributed by atoms with van der Waals surface area (Å²) < 4.78 is 10.5. The monoisotopic (exact) mass is 396 g/mol. The Labute approximate surface area is 163 Å². The van der Waals surface area contributed by atoms with Gasteiger partial charge in [0, 0.05) is 28.7 Å². The van der Waals surface area contributed by atoms with Crippen LogP contribution in [-0.4, -0.2) is 33.2 Å². The molecule has 0 radical (unpaired) electrons. The highest BCUT2D eigenvalue weighted by Gasteiger charge is 2.06. The SMILES string of the molecule is COc1ccc(CCNCCC(=O)Nc2cc(Cl)cc(Cl)c2)cc1OC. The van der Waals surface area contributed by atoms with E-state index in [0.29, 0.717) is 40.2 Å². The van der Waals surface area contributed by atoms with E-state index in [0.717, 1.165) is 18.5 Å². The Balaban J connectivity index is 1.71. The van der Waals surface area contributed by atoms with Gasteiger partial charge in [0.25, 0.3) is 0 Å². The van der Waals surface area contributed by atoms with Crippen molar-refractivity contribution in [2.75, 3.05) is 32.6 Å². The van der Waals surface area contributed by atoms with Crippen LogP contribution in [0.15, 0.2) is 36.4 Å². The minimum atomic E-state index is -0.0954. The summed E-state index contributed by atoms with van der Waals surface area (Å²) in [7, 11) is 3.23. The lowest BCUT2D eigenvalue weighted by Crippen LogP contribution is -2.23. The maximum Gasteiger partial charge on any atom is 0.225 e. The first-order chi connectivity index (χ1) is 12.5. The molecule has 0 saturated heterocycles. The summed E-state index contributed by atoms with van der Waals surface area (Å²) in [4.78, 5) is 12.0. The molecule has 0 saturated carbocycles. The number of carbonyl (C=O) groups is 1. The molecular weight excluding hydrogens is 375 g/mol. The van der Waals surface area contributed by atoms with Gasteiger partial charge in [-0.1, -0.05) is 29.3 Å². The zero-order chi connectivity index (χ0) is 18.9. The van der Waals surface area contributed by atoms with E-state index in [2.05, 4.69) is 10.6 Å². The highest BCUT2D eigenvalue weighted by Crippen LogP contribution is 2.27. The Morgan fingerprint density at radius 3 is 2.31 bits per heavy atom. The zero-order valence-corrected chi connectivity index (χ0v) is 16.3. The molecule has 0 heterocycles. The molecule has 2 aromatic rings. The Kier molecular flexibility index (Phi) is 8.04. The molecule has 0 unspecified atom stereocenters. The van der Waals surface area contributed by atoms with Crippen LogP contribution in [-0.2, 0) is 11.2 Å². The summed E-state index contributed by atoms with van der Waals surface area (Å²) in [6, 6.07) is 10.8. The Hall–Kier alpha value is -1.95. The molecule has 0 bridgehead atoms. The molecule has 0 aromatic heterocycles. The number of hydrogen-bond acceptors (Lipinski definition) is 4. The molecule has 2 aromatic carbocycles. The molecule has 5 nitrogen and oxygen atoms in total. The smallest absolute Gasteiger partial charge is 0.225 e. The third-order valence-corrected chi connectivity index (χ3v) is 4.15. The zero-order valence-electron chi connectivity index (χ0n) is 14.8. The third kappa shape index (κ3) is 6.41. The largest absolute Gasteiger partial charge is 0.493 e. The number of hydrogen-bond donors (Lipinski definition) is 2. The first-order valence-corrected chi connectivity index (χ1v) is 8.95. The Morgan fingerprint density at radius 2 is 1.65 bits per heavy atom. The average molecular weight is 397 g/mol. The summed E-state index contributed by atoms with van der Waals surface area (Å²) in [6.45, 7) is 1.33. The molecule has 2 rings (SSSR count). The highest BCUT2D eigenvalue weighted by molar-refractivity contribution is 6.35. The van der Waals surface area contributed by atoms with Crippen molar-refractivity contribution in [1.29, 1.82) is 0 Å². The van der Waals surface area contributed by atoms with Gasteiger partial charge in [-0.2, -0.15) is 0 Å². The fraction of sp³-hybridized carbons (Fsp3) is 0.316. The molecule has 0 spiro atoms. The van der Waals surface area contributed by atoms with Crippen molar-refractivity contribution in [3.05, 3.63) is 52.0 Å². The maximum absolute atomic E-state index is 12.0. The van der Waals surface area contributed by atoms with E-state index in [1.165, 1.54) is 0 Å². The van der Waals surface area contributed by atoms with E-state index < -0.39 is 0 Å². The molecule has 0 fully saturated rings. The minimum Gasteiger partial charge on any atom is -0.493 e. The van der Waals surface area contributed by atoms with Crippen molar-refractivity contribution in [2.24, 2.45) is 0 Å². The molecule has 2 N–H and O–H groups in total. The molecule has 0 aliphatic carbocycles. The minimum absolute atomic E-state index is 0.0954. The van der Waals surface area contributed by atoms with Crippen molar-refractivity contribution in [1.82, 2.24) is 5.32 Å². The Morgan fingerprint density at radius 1 is 0.962 bits per heavy atom. The van der Waals surface area contributed by atoms with E-state index in [1.807, 2.05) is 18.2 Å². The van der Waals surface area contributed by atoms with Gasteiger partial charge in [-0.3, -0.25) is 4.79 Å². The van der Waals surface area contributed by atoms with E-state index in [9.17, 15) is 4.79 Å². The van der Waals surface area contributed by atoms with Crippen LogP contribution < -0.4 is 20.1 Å². The second-order valence-corrected chi connectivity index (χ2v) is 6.52. The van der Waals surface area contributed by atoms with Crippen molar-refractivity contribution >= 4 is 34.8 Å². The lowest BCUT2D eigenvalue weighted by Gasteiger charge is -2.10. The van der Waals surface area contributed by atoms with Crippen LogP contribution in [0.4, 0.5) is 5.69 Å². The molecule has 0 aliphatic heterocycles. The fourth-order valence-corrected chi connectivity index (χ4v) is 2.97. The standard InChI is InChI=1S/C19H22Cl2N2O3/c1-25-17-4-3-13(9-18(17)26-2)5-7-22-8-6-19(24)23-16-11-14(20)10-15(21)12-16/h3-4,9-12,22H,5-8H2,1-2H3,(H,23,24). The van der Waals surface area contributed by atoms with Gasteiger partial charge < -0.3 is 20.1 Å². The predicted octanol–water partition coefficient (Wildman–Crippen LogP) is 4.17. The number of amides is 1. The van der Waals surface area contributed by atoms with Crippen LogP contribution >= 0.6 is 23.2 Å². The van der Waals surface area contributed by atoms with Crippen molar-refractivity contribution < 1.29 is 14.3 Å². The lowest BCUT2D eigenvalue weighted by atomic mass is 10.1. The Bertz CT molecular complexity index is 733. The third-order valence-electron chi connectivity index (χ3n) is 3.71. The molecule has 7 heteroatoms. The van der Waals surface area contributed by atoms with Crippen molar-refractivity contribution in [2.45, 2.75) is 12.8 Å². The van der Waals surface area contributed by atoms with E-state index >= 15 is 0 Å². The fourth-order valence-electron chi connectivity index (χ4n) is 2.45. The van der Waals surface area contributed by atoms with E-state index in [1.54, 1.807) is 32.4 Å². The topological polar surface area (TPSA) is 59.6 Å². The number of anilines is 1. The molecule has 1 amide bonds. The van der Waals surface area contributed by atoms with Gasteiger partial charge in [0.1, 0.15) is 0 Å². The maximum atomic E-state index is 12.0. The van der Waals surface area contributed by atoms with Gasteiger partial charge in [0.05, 0.1) is 14.2 Å². The van der Waals surface area contributed by atoms with Gasteiger partial charge in [-0.05, 0) is 48.9 Å². The summed E-state index contributed by atoms with van der Waals surface area (Å²) in [5, 5.41) is 7.01.